The largest absolute Gasteiger partial charge is 0.496 e. The molecule has 1 rings (SSSR count). The lowest BCUT2D eigenvalue weighted by Crippen LogP contribution is -2.42. The number of hydrogen-bond acceptors (Lipinski definition) is 7. The number of aliphatic hydroxyl groups excluding tert-OH is 1. The summed E-state index contributed by atoms with van der Waals surface area (Å²) in [7, 11) is 1.62. The van der Waals surface area contributed by atoms with Crippen molar-refractivity contribution in [3.63, 3.8) is 0 Å². The predicted octanol–water partition coefficient (Wildman–Crippen LogP) is 1.90. The minimum absolute atomic E-state index is 0.0302. The van der Waals surface area contributed by atoms with Gasteiger partial charge in [0.1, 0.15) is 18.5 Å². The van der Waals surface area contributed by atoms with Crippen molar-refractivity contribution in [2.75, 3.05) is 20.3 Å². The smallest absolute Gasteiger partial charge is 0.328 e. The molecule has 1 unspecified atom stereocenters. The molecule has 0 spiro atoms. The van der Waals surface area contributed by atoms with Gasteiger partial charge in [0.25, 0.3) is 0 Å². The molecule has 0 aliphatic carbocycles. The maximum absolute atomic E-state index is 9.82. The molecular weight excluding hydrogens is 380 g/mol. The van der Waals surface area contributed by atoms with Gasteiger partial charge in [0.15, 0.2) is 0 Å². The monoisotopic (exact) mass is 410 g/mol. The molecule has 0 bridgehead atoms. The number of benzene rings is 1. The van der Waals surface area contributed by atoms with Crippen LogP contribution in [-0.2, 0) is 14.4 Å². The number of methoxy groups -OCH3 is 1. The van der Waals surface area contributed by atoms with E-state index in [0.29, 0.717) is 24.4 Å². The Balaban J connectivity index is 0.000000828. The minimum atomic E-state index is -1.26. The number of aliphatic hydroxyl groups is 1. The molecule has 1 aromatic carbocycles. The van der Waals surface area contributed by atoms with Gasteiger partial charge in [-0.3, -0.25) is 0 Å². The second-order valence-corrected chi connectivity index (χ2v) is 6.97. The zero-order chi connectivity index (χ0) is 22.4. The van der Waals surface area contributed by atoms with Gasteiger partial charge in [-0.05, 0) is 39.8 Å². The number of aliphatic carboxylic acids is 2. The fourth-order valence-corrected chi connectivity index (χ4v) is 1.84. The van der Waals surface area contributed by atoms with Crippen LogP contribution >= 0.6 is 0 Å². The summed E-state index contributed by atoms with van der Waals surface area (Å²) >= 11 is 0. The van der Waals surface area contributed by atoms with Gasteiger partial charge in [-0.1, -0.05) is 17.3 Å². The van der Waals surface area contributed by atoms with Gasteiger partial charge in [0.05, 0.1) is 12.8 Å². The molecule has 0 aromatic heterocycles. The second kappa shape index (κ2) is 13.3. The fourth-order valence-electron chi connectivity index (χ4n) is 1.84. The molecule has 162 valence electrons. The standard InChI is InChI=1S/C16H26N2O3.C4H4O4/c1-12(14-8-6-7-9-15(14)20-5)18-21-11-13(19)10-17-16(2,3)4;5-3(6)1-2-4(7)8/h6-9,13,17,19H,10-11H2,1-5H3;1-2H,(H,5,6)(H,7,8)/b18-12+;2-1-. The first-order valence-corrected chi connectivity index (χ1v) is 8.83. The summed E-state index contributed by atoms with van der Waals surface area (Å²) in [6.07, 6.45) is 0.517. The Labute approximate surface area is 170 Å². The van der Waals surface area contributed by atoms with Crippen LogP contribution in [0.15, 0.2) is 41.6 Å². The lowest BCUT2D eigenvalue weighted by Gasteiger charge is -2.22. The van der Waals surface area contributed by atoms with Gasteiger partial charge in [-0.2, -0.15) is 0 Å². The highest BCUT2D eigenvalue weighted by molar-refractivity contribution is 6.00. The molecule has 0 fully saturated rings. The Hall–Kier alpha value is -2.91. The minimum Gasteiger partial charge on any atom is -0.496 e. The first kappa shape index (κ1) is 26.1. The first-order valence-electron chi connectivity index (χ1n) is 8.83. The van der Waals surface area contributed by atoms with E-state index in [0.717, 1.165) is 11.3 Å². The van der Waals surface area contributed by atoms with Crippen LogP contribution in [0, 0.1) is 0 Å². The topological polar surface area (TPSA) is 138 Å². The van der Waals surface area contributed by atoms with E-state index in [2.05, 4.69) is 10.5 Å². The Kier molecular flexibility index (Phi) is 12.0. The number of hydrogen-bond donors (Lipinski definition) is 4. The number of ether oxygens (including phenoxy) is 1. The first-order chi connectivity index (χ1) is 13.5. The Bertz CT molecular complexity index is 693. The van der Waals surface area contributed by atoms with Crippen LogP contribution < -0.4 is 10.1 Å². The van der Waals surface area contributed by atoms with Crippen LogP contribution in [0.5, 0.6) is 5.75 Å². The molecule has 1 atom stereocenters. The molecule has 0 saturated carbocycles. The van der Waals surface area contributed by atoms with E-state index in [-0.39, 0.29) is 12.1 Å². The van der Waals surface area contributed by atoms with Crippen molar-refractivity contribution in [3.8, 4) is 5.75 Å². The van der Waals surface area contributed by atoms with E-state index >= 15 is 0 Å². The molecule has 0 saturated heterocycles. The predicted molar refractivity (Wildman–Crippen MR) is 109 cm³/mol. The molecule has 0 radical (unpaired) electrons. The van der Waals surface area contributed by atoms with Crippen molar-refractivity contribution in [1.82, 2.24) is 5.32 Å². The van der Waals surface area contributed by atoms with E-state index < -0.39 is 18.0 Å². The molecule has 1 aromatic rings. The van der Waals surface area contributed by atoms with E-state index in [4.69, 9.17) is 19.8 Å². The molecule has 0 aliphatic rings. The summed E-state index contributed by atoms with van der Waals surface area (Å²) in [5.41, 5.74) is 1.56. The summed E-state index contributed by atoms with van der Waals surface area (Å²) in [5, 5.41) is 32.7. The van der Waals surface area contributed by atoms with Crippen LogP contribution in [0.2, 0.25) is 0 Å². The molecule has 9 heteroatoms. The average molecular weight is 410 g/mol. The van der Waals surface area contributed by atoms with Crippen molar-refractivity contribution in [1.29, 1.82) is 0 Å². The zero-order valence-corrected chi connectivity index (χ0v) is 17.4. The molecule has 0 aliphatic heterocycles. The van der Waals surface area contributed by atoms with E-state index in [1.54, 1.807) is 7.11 Å². The highest BCUT2D eigenvalue weighted by Crippen LogP contribution is 2.18. The number of carboxylic acids is 2. The van der Waals surface area contributed by atoms with Gasteiger partial charge in [-0.25, -0.2) is 9.59 Å². The highest BCUT2D eigenvalue weighted by Gasteiger charge is 2.12. The lowest BCUT2D eigenvalue weighted by molar-refractivity contribution is -0.134. The van der Waals surface area contributed by atoms with Crippen molar-refractivity contribution in [2.24, 2.45) is 5.16 Å². The summed E-state index contributed by atoms with van der Waals surface area (Å²) in [6, 6.07) is 7.60. The maximum atomic E-state index is 9.82. The number of nitrogens with zero attached hydrogens (tertiary/aromatic N) is 1. The number of oxime groups is 1. The number of β-amino-alcohol motifs (C(OH)–C–C–N with tert-alkyl or cyclic N) is 1. The van der Waals surface area contributed by atoms with Crippen LogP contribution in [0.3, 0.4) is 0 Å². The Morgan fingerprint density at radius 1 is 1.17 bits per heavy atom. The third-order valence-electron chi connectivity index (χ3n) is 3.20. The molecule has 0 heterocycles. The number of carbonyl (C=O) groups is 2. The van der Waals surface area contributed by atoms with Crippen molar-refractivity contribution in [2.45, 2.75) is 39.3 Å². The van der Waals surface area contributed by atoms with E-state index in [9.17, 15) is 14.7 Å². The van der Waals surface area contributed by atoms with Gasteiger partial charge in [-0.15, -0.1) is 0 Å². The van der Waals surface area contributed by atoms with Crippen LogP contribution in [0.25, 0.3) is 0 Å². The van der Waals surface area contributed by atoms with Crippen molar-refractivity contribution in [3.05, 3.63) is 42.0 Å². The third kappa shape index (κ3) is 13.8. The number of nitrogens with one attached hydrogen (secondary N) is 1. The van der Waals surface area contributed by atoms with Crippen molar-refractivity contribution >= 4 is 17.7 Å². The molecular formula is C20H30N2O7. The molecule has 29 heavy (non-hydrogen) atoms. The number of para-hydroxylation sites is 1. The molecule has 9 nitrogen and oxygen atoms in total. The summed E-state index contributed by atoms with van der Waals surface area (Å²) in [4.78, 5) is 24.3. The van der Waals surface area contributed by atoms with Gasteiger partial charge in [0, 0.05) is 29.8 Å². The number of carboxylic acid groups (broad SMARTS) is 2. The van der Waals surface area contributed by atoms with Gasteiger partial charge >= 0.3 is 11.9 Å². The number of rotatable bonds is 9. The van der Waals surface area contributed by atoms with Gasteiger partial charge in [0.2, 0.25) is 0 Å². The SMILES string of the molecule is COc1ccccc1/C(C)=N/OCC(O)CNC(C)(C)C.O=C(O)/C=C\C(=O)O. The fraction of sp³-hybridized carbons (Fsp3) is 0.450. The Morgan fingerprint density at radius 3 is 2.21 bits per heavy atom. The van der Waals surface area contributed by atoms with E-state index in [1.807, 2.05) is 52.0 Å². The van der Waals surface area contributed by atoms with Crippen molar-refractivity contribution < 1.29 is 34.5 Å². The average Bonchev–Trinajstić information content (AvgIpc) is 2.64. The van der Waals surface area contributed by atoms with Gasteiger partial charge < -0.3 is 30.2 Å². The molecule has 0 amide bonds. The third-order valence-corrected chi connectivity index (χ3v) is 3.20. The lowest BCUT2D eigenvalue weighted by atomic mass is 10.1. The normalized spacial score (nSPS) is 12.7. The zero-order valence-electron chi connectivity index (χ0n) is 17.4. The van der Waals surface area contributed by atoms with Crippen LogP contribution in [0.4, 0.5) is 0 Å². The van der Waals surface area contributed by atoms with Crippen LogP contribution in [0.1, 0.15) is 33.3 Å². The van der Waals surface area contributed by atoms with Crippen LogP contribution in [-0.4, -0.2) is 64.9 Å². The second-order valence-electron chi connectivity index (χ2n) is 6.97. The summed E-state index contributed by atoms with van der Waals surface area (Å²) in [6.45, 7) is 8.60. The quantitative estimate of drug-likeness (QED) is 0.275. The maximum Gasteiger partial charge on any atom is 0.328 e. The summed E-state index contributed by atoms with van der Waals surface area (Å²) < 4.78 is 5.27. The molecule has 4 N–H and O–H groups in total. The van der Waals surface area contributed by atoms with E-state index in [1.165, 1.54) is 0 Å². The summed E-state index contributed by atoms with van der Waals surface area (Å²) in [5.74, 6) is -1.77. The Morgan fingerprint density at radius 2 is 1.72 bits per heavy atom. The highest BCUT2D eigenvalue weighted by atomic mass is 16.6.